The van der Waals surface area contributed by atoms with E-state index in [1.54, 1.807) is 23.6 Å². The highest BCUT2D eigenvalue weighted by atomic mass is 32.1. The van der Waals surface area contributed by atoms with E-state index in [0.717, 1.165) is 34.1 Å². The molecule has 0 radical (unpaired) electrons. The summed E-state index contributed by atoms with van der Waals surface area (Å²) in [5.74, 6) is 0. The van der Waals surface area contributed by atoms with Crippen LogP contribution in [0.3, 0.4) is 0 Å². The van der Waals surface area contributed by atoms with Crippen molar-refractivity contribution in [3.05, 3.63) is 35.9 Å². The van der Waals surface area contributed by atoms with Crippen molar-refractivity contribution < 1.29 is 0 Å². The Bertz CT molecular complexity index is 491. The van der Waals surface area contributed by atoms with Crippen molar-refractivity contribution in [1.82, 2.24) is 15.0 Å². The van der Waals surface area contributed by atoms with Gasteiger partial charge in [0.15, 0.2) is 0 Å². The Labute approximate surface area is 98.9 Å². The SMILES string of the molecule is C=Cc1ncc(-c2cncc(CCC)n2)s1. The highest BCUT2D eigenvalue weighted by Gasteiger charge is 2.05. The normalized spacial score (nSPS) is 10.3. The summed E-state index contributed by atoms with van der Waals surface area (Å²) in [4.78, 5) is 14.0. The van der Waals surface area contributed by atoms with Crippen molar-refractivity contribution in [1.29, 1.82) is 0 Å². The quantitative estimate of drug-likeness (QED) is 0.811. The molecule has 0 aromatic carbocycles. The molecule has 2 heterocycles. The van der Waals surface area contributed by atoms with Gasteiger partial charge in [0.1, 0.15) is 10.7 Å². The maximum absolute atomic E-state index is 4.55. The molecule has 0 amide bonds. The molecule has 0 bridgehead atoms. The summed E-state index contributed by atoms with van der Waals surface area (Å²) in [7, 11) is 0. The van der Waals surface area contributed by atoms with Crippen molar-refractivity contribution >= 4 is 17.4 Å². The van der Waals surface area contributed by atoms with Gasteiger partial charge < -0.3 is 0 Å². The summed E-state index contributed by atoms with van der Waals surface area (Å²) in [5, 5.41) is 0.915. The van der Waals surface area contributed by atoms with E-state index in [0.29, 0.717) is 0 Å². The molecule has 2 rings (SSSR count). The lowest BCUT2D eigenvalue weighted by Crippen LogP contribution is -1.92. The third-order valence-electron chi connectivity index (χ3n) is 2.14. The topological polar surface area (TPSA) is 38.7 Å². The minimum absolute atomic E-state index is 0.900. The lowest BCUT2D eigenvalue weighted by molar-refractivity contribution is 0.873. The number of thiazole rings is 1. The number of nitrogens with zero attached hydrogens (tertiary/aromatic N) is 3. The molecule has 4 heteroatoms. The van der Waals surface area contributed by atoms with Gasteiger partial charge in [0, 0.05) is 12.4 Å². The van der Waals surface area contributed by atoms with Gasteiger partial charge in [0.2, 0.25) is 0 Å². The summed E-state index contributed by atoms with van der Waals surface area (Å²) >= 11 is 1.58. The molecule has 0 unspecified atom stereocenters. The van der Waals surface area contributed by atoms with Gasteiger partial charge >= 0.3 is 0 Å². The van der Waals surface area contributed by atoms with Gasteiger partial charge in [-0.25, -0.2) is 9.97 Å². The Morgan fingerprint density at radius 2 is 2.25 bits per heavy atom. The molecule has 82 valence electrons. The number of aryl methyl sites for hydroxylation is 1. The van der Waals surface area contributed by atoms with E-state index in [-0.39, 0.29) is 0 Å². The zero-order valence-corrected chi connectivity index (χ0v) is 10.00. The molecular weight excluding hydrogens is 218 g/mol. The maximum atomic E-state index is 4.55. The minimum Gasteiger partial charge on any atom is -0.261 e. The highest BCUT2D eigenvalue weighted by molar-refractivity contribution is 7.15. The number of hydrogen-bond donors (Lipinski definition) is 0. The fourth-order valence-corrected chi connectivity index (χ4v) is 2.12. The Balaban J connectivity index is 2.32. The first-order chi connectivity index (χ1) is 7.83. The van der Waals surface area contributed by atoms with Gasteiger partial charge in [0.25, 0.3) is 0 Å². The third kappa shape index (κ3) is 2.33. The molecule has 0 atom stereocenters. The van der Waals surface area contributed by atoms with Gasteiger partial charge in [-0.3, -0.25) is 4.98 Å². The molecule has 0 fully saturated rings. The van der Waals surface area contributed by atoms with Crippen LogP contribution in [-0.4, -0.2) is 15.0 Å². The van der Waals surface area contributed by atoms with Crippen molar-refractivity contribution in [2.24, 2.45) is 0 Å². The van der Waals surface area contributed by atoms with E-state index in [9.17, 15) is 0 Å². The number of hydrogen-bond acceptors (Lipinski definition) is 4. The van der Waals surface area contributed by atoms with Crippen LogP contribution in [0.4, 0.5) is 0 Å². The van der Waals surface area contributed by atoms with E-state index in [2.05, 4.69) is 28.5 Å². The molecule has 2 aromatic rings. The van der Waals surface area contributed by atoms with E-state index in [4.69, 9.17) is 0 Å². The van der Waals surface area contributed by atoms with Crippen LogP contribution in [0.25, 0.3) is 16.6 Å². The van der Waals surface area contributed by atoms with Crippen LogP contribution in [0.1, 0.15) is 24.0 Å². The molecule has 0 N–H and O–H groups in total. The smallest absolute Gasteiger partial charge is 0.116 e. The second-order valence-corrected chi connectivity index (χ2v) is 4.47. The van der Waals surface area contributed by atoms with Gasteiger partial charge in [0.05, 0.1) is 16.8 Å². The van der Waals surface area contributed by atoms with Gasteiger partial charge in [-0.1, -0.05) is 19.9 Å². The summed E-state index contributed by atoms with van der Waals surface area (Å²) in [6, 6.07) is 0. The zero-order valence-electron chi connectivity index (χ0n) is 9.18. The van der Waals surface area contributed by atoms with Crippen LogP contribution < -0.4 is 0 Å². The molecule has 0 spiro atoms. The first kappa shape index (κ1) is 11.0. The number of aromatic nitrogens is 3. The molecular formula is C12H13N3S. The molecule has 16 heavy (non-hydrogen) atoms. The van der Waals surface area contributed by atoms with E-state index >= 15 is 0 Å². The Morgan fingerprint density at radius 1 is 1.38 bits per heavy atom. The zero-order chi connectivity index (χ0) is 11.4. The minimum atomic E-state index is 0.900. The second-order valence-electron chi connectivity index (χ2n) is 3.41. The van der Waals surface area contributed by atoms with Crippen LogP contribution in [0.15, 0.2) is 25.2 Å². The van der Waals surface area contributed by atoms with Crippen molar-refractivity contribution in [3.8, 4) is 10.6 Å². The molecule has 0 aliphatic rings. The predicted molar refractivity (Wildman–Crippen MR) is 67.2 cm³/mol. The highest BCUT2D eigenvalue weighted by Crippen LogP contribution is 2.24. The first-order valence-corrected chi connectivity index (χ1v) is 6.04. The summed E-state index contributed by atoms with van der Waals surface area (Å²) < 4.78 is 0. The average molecular weight is 231 g/mol. The van der Waals surface area contributed by atoms with Crippen molar-refractivity contribution in [2.75, 3.05) is 0 Å². The largest absolute Gasteiger partial charge is 0.261 e. The van der Waals surface area contributed by atoms with Crippen LogP contribution in [0.2, 0.25) is 0 Å². The van der Waals surface area contributed by atoms with Crippen LogP contribution >= 0.6 is 11.3 Å². The van der Waals surface area contributed by atoms with Gasteiger partial charge in [-0.15, -0.1) is 11.3 Å². The van der Waals surface area contributed by atoms with E-state index in [1.807, 2.05) is 12.4 Å². The molecule has 0 aliphatic carbocycles. The Kier molecular flexibility index (Phi) is 3.41. The Hall–Kier alpha value is -1.55. The molecule has 0 saturated heterocycles. The maximum Gasteiger partial charge on any atom is 0.116 e. The monoisotopic (exact) mass is 231 g/mol. The van der Waals surface area contributed by atoms with Crippen LogP contribution in [0, 0.1) is 0 Å². The molecule has 2 aromatic heterocycles. The van der Waals surface area contributed by atoms with Gasteiger partial charge in [-0.2, -0.15) is 0 Å². The third-order valence-corrected chi connectivity index (χ3v) is 3.16. The standard InChI is InChI=1S/C12H13N3S/c1-3-5-9-6-13-7-10(15-9)11-8-14-12(4-2)16-11/h4,6-8H,2-3,5H2,1H3. The summed E-state index contributed by atoms with van der Waals surface area (Å²) in [6.45, 7) is 5.83. The lowest BCUT2D eigenvalue weighted by atomic mass is 10.2. The lowest BCUT2D eigenvalue weighted by Gasteiger charge is -1.99. The molecule has 0 saturated carbocycles. The summed E-state index contributed by atoms with van der Waals surface area (Å²) in [5.41, 5.74) is 1.94. The van der Waals surface area contributed by atoms with Crippen molar-refractivity contribution in [3.63, 3.8) is 0 Å². The fourth-order valence-electron chi connectivity index (χ4n) is 1.40. The first-order valence-electron chi connectivity index (χ1n) is 5.23. The Morgan fingerprint density at radius 3 is 2.94 bits per heavy atom. The predicted octanol–water partition coefficient (Wildman–Crippen LogP) is 3.20. The van der Waals surface area contributed by atoms with Crippen LogP contribution in [0.5, 0.6) is 0 Å². The van der Waals surface area contributed by atoms with Crippen LogP contribution in [-0.2, 0) is 6.42 Å². The van der Waals surface area contributed by atoms with Gasteiger partial charge in [-0.05, 0) is 12.5 Å². The van der Waals surface area contributed by atoms with E-state index < -0.39 is 0 Å². The van der Waals surface area contributed by atoms with E-state index in [1.165, 1.54) is 0 Å². The second kappa shape index (κ2) is 4.99. The number of rotatable bonds is 4. The molecule has 0 aliphatic heterocycles. The van der Waals surface area contributed by atoms with Crippen molar-refractivity contribution in [2.45, 2.75) is 19.8 Å². The molecule has 3 nitrogen and oxygen atoms in total. The average Bonchev–Trinajstić information content (AvgIpc) is 2.78. The fraction of sp³-hybridized carbons (Fsp3) is 0.250. The summed E-state index contributed by atoms with van der Waals surface area (Å²) in [6.07, 6.45) is 9.22.